The van der Waals surface area contributed by atoms with Crippen LogP contribution in [0.15, 0.2) is 36.9 Å². The molecule has 1 aromatic heterocycles. The van der Waals surface area contributed by atoms with Crippen molar-refractivity contribution in [1.82, 2.24) is 10.3 Å². The smallest absolute Gasteiger partial charge is 0.352 e. The molecule has 7 nitrogen and oxygen atoms in total. The number of aromatic amines is 1. The van der Waals surface area contributed by atoms with Crippen molar-refractivity contribution < 1.29 is 23.9 Å². The van der Waals surface area contributed by atoms with Crippen LogP contribution in [-0.4, -0.2) is 29.1 Å². The first kappa shape index (κ1) is 14.8. The maximum absolute atomic E-state index is 12.1. The first-order valence-corrected chi connectivity index (χ1v) is 7.27. The number of H-pyrrole nitrogens is 1. The van der Waals surface area contributed by atoms with Crippen LogP contribution in [-0.2, 0) is 16.1 Å². The lowest BCUT2D eigenvalue weighted by Crippen LogP contribution is -2.86. The number of ketones is 1. The average Bonchev–Trinajstić information content (AvgIpc) is 3.05. The Morgan fingerprint density at radius 1 is 1.30 bits per heavy atom. The van der Waals surface area contributed by atoms with Crippen LogP contribution >= 0.6 is 0 Å². The first-order valence-electron chi connectivity index (χ1n) is 7.27. The van der Waals surface area contributed by atoms with Crippen molar-refractivity contribution in [2.24, 2.45) is 0 Å². The molecule has 3 N–H and O–H groups in total. The van der Waals surface area contributed by atoms with Crippen molar-refractivity contribution in [3.05, 3.63) is 53.1 Å². The SMILES string of the molecule is O=C1C=c2cc(C(=O)NCCC[n+]3cc[nH]c3)ccc2=[NH+]C1=O. The molecule has 7 heteroatoms. The third-order valence-electron chi connectivity index (χ3n) is 3.55. The highest BCUT2D eigenvalue weighted by atomic mass is 16.2. The van der Waals surface area contributed by atoms with Gasteiger partial charge in [0.15, 0.2) is 0 Å². The van der Waals surface area contributed by atoms with Crippen LogP contribution in [0.2, 0.25) is 0 Å². The van der Waals surface area contributed by atoms with Crippen molar-refractivity contribution in [2.45, 2.75) is 13.0 Å². The van der Waals surface area contributed by atoms with Gasteiger partial charge in [-0.3, -0.25) is 14.6 Å². The van der Waals surface area contributed by atoms with Crippen LogP contribution in [0.5, 0.6) is 0 Å². The normalized spacial score (nSPS) is 13.0. The molecular formula is C16H16N4O3+2. The fourth-order valence-corrected chi connectivity index (χ4v) is 2.35. The Kier molecular flexibility index (Phi) is 4.09. The minimum atomic E-state index is -0.656. The van der Waals surface area contributed by atoms with Gasteiger partial charge < -0.3 is 5.32 Å². The van der Waals surface area contributed by atoms with Gasteiger partial charge >= 0.3 is 5.91 Å². The van der Waals surface area contributed by atoms with Gasteiger partial charge in [0.25, 0.3) is 11.7 Å². The Morgan fingerprint density at radius 2 is 2.17 bits per heavy atom. The maximum Gasteiger partial charge on any atom is 0.458 e. The number of imidazole rings is 1. The third kappa shape index (κ3) is 3.39. The lowest BCUT2D eigenvalue weighted by Gasteiger charge is -2.04. The topological polar surface area (TPSA) is 96.9 Å². The van der Waals surface area contributed by atoms with Crippen molar-refractivity contribution in [3.63, 3.8) is 0 Å². The largest absolute Gasteiger partial charge is 0.458 e. The van der Waals surface area contributed by atoms with Crippen LogP contribution in [0.3, 0.4) is 0 Å². The van der Waals surface area contributed by atoms with Crippen LogP contribution < -0.4 is 25.5 Å². The maximum atomic E-state index is 12.1. The van der Waals surface area contributed by atoms with Crippen LogP contribution in [0.4, 0.5) is 0 Å². The lowest BCUT2D eigenvalue weighted by atomic mass is 10.1. The summed E-state index contributed by atoms with van der Waals surface area (Å²) >= 11 is 0. The summed E-state index contributed by atoms with van der Waals surface area (Å²) in [7, 11) is 0. The summed E-state index contributed by atoms with van der Waals surface area (Å²) in [5.41, 5.74) is 0.457. The van der Waals surface area contributed by atoms with E-state index in [1.165, 1.54) is 6.08 Å². The zero-order chi connectivity index (χ0) is 16.2. The number of carbonyl (C=O) groups is 3. The minimum absolute atomic E-state index is 0.204. The van der Waals surface area contributed by atoms with Gasteiger partial charge in [-0.1, -0.05) is 0 Å². The van der Waals surface area contributed by atoms with Gasteiger partial charge in [0.2, 0.25) is 11.7 Å². The number of nitrogens with one attached hydrogen (secondary N) is 3. The van der Waals surface area contributed by atoms with Gasteiger partial charge in [0.1, 0.15) is 12.4 Å². The fraction of sp³-hybridized carbons (Fsp3) is 0.188. The number of carbonyl (C=O) groups excluding carboxylic acids is 3. The first-order chi connectivity index (χ1) is 11.1. The van der Waals surface area contributed by atoms with Gasteiger partial charge in [-0.2, -0.15) is 4.99 Å². The molecule has 1 aromatic carbocycles. The molecule has 1 aliphatic heterocycles. The number of Topliss-reactive ketones (excluding diaryl/α,β-unsaturated/α-hetero) is 1. The quantitative estimate of drug-likeness (QED) is 0.307. The molecule has 0 radical (unpaired) electrons. The minimum Gasteiger partial charge on any atom is -0.352 e. The highest BCUT2D eigenvalue weighted by Gasteiger charge is 2.20. The van der Waals surface area contributed by atoms with Crippen molar-refractivity contribution in [2.75, 3.05) is 6.54 Å². The zero-order valence-corrected chi connectivity index (χ0v) is 12.3. The summed E-state index contributed by atoms with van der Waals surface area (Å²) < 4.78 is 1.99. The Hall–Kier alpha value is -3.09. The van der Waals surface area contributed by atoms with Gasteiger partial charge in [-0.25, -0.2) is 9.36 Å². The highest BCUT2D eigenvalue weighted by molar-refractivity contribution is 6.44. The molecule has 2 amide bonds. The monoisotopic (exact) mass is 312 g/mol. The fourth-order valence-electron chi connectivity index (χ4n) is 2.35. The van der Waals surface area contributed by atoms with E-state index in [9.17, 15) is 14.4 Å². The van der Waals surface area contributed by atoms with E-state index >= 15 is 0 Å². The number of rotatable bonds is 5. The van der Waals surface area contributed by atoms with Crippen LogP contribution in [0.25, 0.3) is 6.08 Å². The Bertz CT molecular complexity index is 885. The zero-order valence-electron chi connectivity index (χ0n) is 12.3. The van der Waals surface area contributed by atoms with Crippen molar-refractivity contribution in [3.8, 4) is 0 Å². The standard InChI is InChI=1S/C16H14N4O3/c21-14-9-12-8-11(2-3-13(12)19-16(14)23)15(22)18-4-1-6-20-7-5-17-10-20/h2-3,5,7-10H,1,4,6H2,(H,18,22)/p+2. The number of amides is 2. The second kappa shape index (κ2) is 6.35. The van der Waals surface area contributed by atoms with Gasteiger partial charge in [-0.15, -0.1) is 0 Å². The van der Waals surface area contributed by atoms with E-state index < -0.39 is 11.7 Å². The molecule has 0 aliphatic carbocycles. The second-order valence-electron chi connectivity index (χ2n) is 5.22. The Balaban J connectivity index is 1.63. The van der Waals surface area contributed by atoms with E-state index in [-0.39, 0.29) is 5.91 Å². The third-order valence-corrected chi connectivity index (χ3v) is 3.55. The van der Waals surface area contributed by atoms with Crippen molar-refractivity contribution >= 4 is 23.7 Å². The van der Waals surface area contributed by atoms with Crippen LogP contribution in [0, 0.1) is 0 Å². The number of hydrogen-bond donors (Lipinski definition) is 3. The predicted octanol–water partition coefficient (Wildman–Crippen LogP) is -3.29. The van der Waals surface area contributed by atoms with Crippen LogP contribution in [0.1, 0.15) is 16.8 Å². The van der Waals surface area contributed by atoms with Gasteiger partial charge in [0.05, 0.1) is 11.8 Å². The van der Waals surface area contributed by atoms with E-state index in [4.69, 9.17) is 0 Å². The number of aryl methyl sites for hydroxylation is 1. The molecular weight excluding hydrogens is 296 g/mol. The molecule has 0 spiro atoms. The molecule has 0 saturated heterocycles. The molecule has 3 rings (SSSR count). The van der Waals surface area contributed by atoms with E-state index in [1.54, 1.807) is 18.2 Å². The predicted molar refractivity (Wildman–Crippen MR) is 78.2 cm³/mol. The van der Waals surface area contributed by atoms with E-state index in [0.29, 0.717) is 22.7 Å². The number of hydrogen-bond acceptors (Lipinski definition) is 3. The number of fused-ring (bicyclic) bond motifs is 1. The summed E-state index contributed by atoms with van der Waals surface area (Å²) in [4.78, 5) is 40.2. The number of aromatic nitrogens is 2. The average molecular weight is 312 g/mol. The summed E-state index contributed by atoms with van der Waals surface area (Å²) in [6.07, 6.45) is 7.66. The number of benzene rings is 1. The van der Waals surface area contributed by atoms with E-state index in [0.717, 1.165) is 13.0 Å². The van der Waals surface area contributed by atoms with E-state index in [2.05, 4.69) is 15.3 Å². The summed E-state index contributed by atoms with van der Waals surface area (Å²) in [5.74, 6) is -1.47. The molecule has 2 aromatic rings. The molecule has 0 bridgehead atoms. The summed E-state index contributed by atoms with van der Waals surface area (Å²) in [6, 6.07) is 4.85. The van der Waals surface area contributed by atoms with Crippen molar-refractivity contribution in [1.29, 1.82) is 0 Å². The second-order valence-corrected chi connectivity index (χ2v) is 5.22. The molecule has 0 saturated carbocycles. The Labute approximate surface area is 131 Å². The molecule has 2 heterocycles. The molecule has 1 aliphatic rings. The highest BCUT2D eigenvalue weighted by Crippen LogP contribution is 1.93. The number of nitrogens with zero attached hydrogens (tertiary/aromatic N) is 1. The van der Waals surface area contributed by atoms with E-state index in [1.807, 2.05) is 23.3 Å². The molecule has 116 valence electrons. The Morgan fingerprint density at radius 3 is 2.96 bits per heavy atom. The summed E-state index contributed by atoms with van der Waals surface area (Å²) in [6.45, 7) is 1.36. The van der Waals surface area contributed by atoms with Gasteiger partial charge in [0, 0.05) is 30.7 Å². The molecule has 0 unspecified atom stereocenters. The molecule has 23 heavy (non-hydrogen) atoms. The summed E-state index contributed by atoms with van der Waals surface area (Å²) in [5, 5.41) is 3.92. The lowest BCUT2D eigenvalue weighted by molar-refractivity contribution is -0.695. The molecule has 0 atom stereocenters. The molecule has 0 fully saturated rings. The van der Waals surface area contributed by atoms with Gasteiger partial charge in [-0.05, 0) is 12.1 Å².